The highest BCUT2D eigenvalue weighted by atomic mass is 79.9. The van der Waals surface area contributed by atoms with Crippen molar-refractivity contribution in [3.63, 3.8) is 0 Å². The smallest absolute Gasteiger partial charge is 0.255 e. The zero-order chi connectivity index (χ0) is 12.4. The van der Waals surface area contributed by atoms with Crippen LogP contribution in [-0.2, 0) is 4.74 Å². The molecule has 1 atom stereocenters. The van der Waals surface area contributed by atoms with Gasteiger partial charge in [0, 0.05) is 19.3 Å². The molecule has 0 aromatic heterocycles. The van der Waals surface area contributed by atoms with Crippen LogP contribution in [-0.4, -0.2) is 37.1 Å². The van der Waals surface area contributed by atoms with Crippen molar-refractivity contribution in [3.8, 4) is 0 Å². The number of nitrogens with zero attached hydrogens (tertiary/aromatic N) is 1. The van der Waals surface area contributed by atoms with E-state index in [1.54, 1.807) is 30.1 Å². The van der Waals surface area contributed by atoms with Gasteiger partial charge in [-0.2, -0.15) is 0 Å². The molecule has 5 heteroatoms. The van der Waals surface area contributed by atoms with Crippen molar-refractivity contribution >= 4 is 27.5 Å². The number of nitrogen functional groups attached to an aromatic ring is 1. The molecule has 1 aromatic carbocycles. The van der Waals surface area contributed by atoms with Gasteiger partial charge in [0.05, 0.1) is 22.7 Å². The van der Waals surface area contributed by atoms with Crippen LogP contribution in [0.2, 0.25) is 0 Å². The number of hydrogen-bond donors (Lipinski definition) is 1. The van der Waals surface area contributed by atoms with Crippen molar-refractivity contribution in [2.45, 2.75) is 12.5 Å². The van der Waals surface area contributed by atoms with Crippen molar-refractivity contribution in [2.24, 2.45) is 0 Å². The summed E-state index contributed by atoms with van der Waals surface area (Å²) in [7, 11) is 1.80. The Balaban J connectivity index is 2.21. The molecule has 1 saturated heterocycles. The monoisotopic (exact) mass is 298 g/mol. The van der Waals surface area contributed by atoms with Crippen LogP contribution in [0.4, 0.5) is 5.69 Å². The summed E-state index contributed by atoms with van der Waals surface area (Å²) in [5, 5.41) is 0. The number of carbonyl (C=O) groups excluding carboxylic acids is 1. The summed E-state index contributed by atoms with van der Waals surface area (Å²) in [4.78, 5) is 14.0. The number of ether oxygens (including phenoxy) is 1. The summed E-state index contributed by atoms with van der Waals surface area (Å²) in [6.45, 7) is 1.34. The highest BCUT2D eigenvalue weighted by molar-refractivity contribution is 9.10. The lowest BCUT2D eigenvalue weighted by Gasteiger charge is -2.23. The Bertz CT molecular complexity index is 431. The molecule has 1 heterocycles. The summed E-state index contributed by atoms with van der Waals surface area (Å²) in [5.41, 5.74) is 6.94. The fraction of sp³-hybridized carbons (Fsp3) is 0.417. The van der Waals surface area contributed by atoms with Gasteiger partial charge in [0.15, 0.2) is 0 Å². The topological polar surface area (TPSA) is 55.6 Å². The van der Waals surface area contributed by atoms with Gasteiger partial charge in [-0.15, -0.1) is 0 Å². The molecule has 1 unspecified atom stereocenters. The van der Waals surface area contributed by atoms with E-state index in [4.69, 9.17) is 10.5 Å². The number of hydrogen-bond acceptors (Lipinski definition) is 3. The summed E-state index contributed by atoms with van der Waals surface area (Å²) < 4.78 is 5.95. The molecule has 1 aliphatic heterocycles. The molecule has 2 rings (SSSR count). The minimum absolute atomic E-state index is 0.0281. The molecule has 0 spiro atoms. The Morgan fingerprint density at radius 3 is 3.00 bits per heavy atom. The number of benzene rings is 1. The van der Waals surface area contributed by atoms with Gasteiger partial charge < -0.3 is 15.4 Å². The molecule has 1 amide bonds. The van der Waals surface area contributed by atoms with Crippen LogP contribution < -0.4 is 5.73 Å². The fourth-order valence-corrected chi connectivity index (χ4v) is 2.33. The predicted octanol–water partition coefficient (Wildman–Crippen LogP) is 1.89. The number of rotatable bonds is 2. The third-order valence-electron chi connectivity index (χ3n) is 3.03. The molecule has 1 aromatic rings. The lowest BCUT2D eigenvalue weighted by molar-refractivity contribution is 0.0710. The third kappa shape index (κ3) is 2.45. The first-order chi connectivity index (χ1) is 8.11. The van der Waals surface area contributed by atoms with E-state index in [2.05, 4.69) is 15.9 Å². The van der Waals surface area contributed by atoms with Crippen molar-refractivity contribution < 1.29 is 9.53 Å². The summed E-state index contributed by atoms with van der Waals surface area (Å²) in [6.07, 6.45) is 0.891. The second kappa shape index (κ2) is 5.06. The number of amides is 1. The molecule has 1 aliphatic rings. The second-order valence-electron chi connectivity index (χ2n) is 4.14. The summed E-state index contributed by atoms with van der Waals surface area (Å²) in [6, 6.07) is 5.48. The van der Waals surface area contributed by atoms with Crippen LogP contribution in [0.1, 0.15) is 16.8 Å². The van der Waals surface area contributed by atoms with Crippen LogP contribution in [0.25, 0.3) is 0 Å². The largest absolute Gasteiger partial charge is 0.398 e. The molecule has 0 radical (unpaired) electrons. The van der Waals surface area contributed by atoms with Crippen LogP contribution in [0, 0.1) is 0 Å². The van der Waals surface area contributed by atoms with Crippen LogP contribution in [0.3, 0.4) is 0 Å². The maximum Gasteiger partial charge on any atom is 0.255 e. The van der Waals surface area contributed by atoms with Gasteiger partial charge >= 0.3 is 0 Å². The molecule has 4 nitrogen and oxygen atoms in total. The Morgan fingerprint density at radius 2 is 2.35 bits per heavy atom. The van der Waals surface area contributed by atoms with E-state index in [-0.39, 0.29) is 11.9 Å². The lowest BCUT2D eigenvalue weighted by atomic mass is 10.1. The van der Waals surface area contributed by atoms with Gasteiger partial charge in [-0.25, -0.2) is 0 Å². The number of nitrogens with two attached hydrogens (primary N) is 1. The molecule has 17 heavy (non-hydrogen) atoms. The Hall–Kier alpha value is -1.07. The van der Waals surface area contributed by atoms with Crippen LogP contribution >= 0.6 is 15.9 Å². The molecule has 0 bridgehead atoms. The quantitative estimate of drug-likeness (QED) is 0.849. The minimum Gasteiger partial charge on any atom is -0.398 e. The first-order valence-electron chi connectivity index (χ1n) is 5.50. The van der Waals surface area contributed by atoms with Crippen LogP contribution in [0.5, 0.6) is 0 Å². The van der Waals surface area contributed by atoms with E-state index in [0.717, 1.165) is 13.0 Å². The summed E-state index contributed by atoms with van der Waals surface area (Å²) in [5.74, 6) is -0.0281. The lowest BCUT2D eigenvalue weighted by Crippen LogP contribution is -2.37. The SMILES string of the molecule is CN(C(=O)c1cccc(N)c1Br)C1CCOC1. The van der Waals surface area contributed by atoms with Crippen LogP contribution in [0.15, 0.2) is 22.7 Å². The van der Waals surface area contributed by atoms with Crippen molar-refractivity contribution in [2.75, 3.05) is 26.0 Å². The Kier molecular flexibility index (Phi) is 3.69. The highest BCUT2D eigenvalue weighted by Crippen LogP contribution is 2.25. The van der Waals surface area contributed by atoms with Crippen molar-refractivity contribution in [1.29, 1.82) is 0 Å². The van der Waals surface area contributed by atoms with Crippen molar-refractivity contribution in [1.82, 2.24) is 4.90 Å². The molecular weight excluding hydrogens is 284 g/mol. The predicted molar refractivity (Wildman–Crippen MR) is 69.9 cm³/mol. The standard InChI is InChI=1S/C12H15BrN2O2/c1-15(8-5-6-17-7-8)12(16)9-3-2-4-10(14)11(9)13/h2-4,8H,5-7,14H2,1H3. The number of anilines is 1. The first-order valence-corrected chi connectivity index (χ1v) is 6.29. The highest BCUT2D eigenvalue weighted by Gasteiger charge is 2.26. The average Bonchev–Trinajstić information content (AvgIpc) is 2.84. The van der Waals surface area contributed by atoms with E-state index in [9.17, 15) is 4.79 Å². The average molecular weight is 299 g/mol. The third-order valence-corrected chi connectivity index (χ3v) is 3.92. The Labute approximate surface area is 109 Å². The van der Waals surface area contributed by atoms with Gasteiger partial charge in [0.2, 0.25) is 0 Å². The van der Waals surface area contributed by atoms with Gasteiger partial charge in [-0.1, -0.05) is 6.07 Å². The molecule has 0 saturated carbocycles. The minimum atomic E-state index is -0.0281. The van der Waals surface area contributed by atoms with Gasteiger partial charge in [-0.05, 0) is 34.5 Å². The van der Waals surface area contributed by atoms with E-state index in [0.29, 0.717) is 22.3 Å². The molecule has 92 valence electrons. The number of halogens is 1. The second-order valence-corrected chi connectivity index (χ2v) is 4.94. The zero-order valence-corrected chi connectivity index (χ0v) is 11.2. The van der Waals surface area contributed by atoms with E-state index < -0.39 is 0 Å². The molecule has 2 N–H and O–H groups in total. The fourth-order valence-electron chi connectivity index (χ4n) is 1.90. The first kappa shape index (κ1) is 12.4. The zero-order valence-electron chi connectivity index (χ0n) is 9.65. The summed E-state index contributed by atoms with van der Waals surface area (Å²) >= 11 is 3.35. The molecular formula is C12H15BrN2O2. The maximum atomic E-state index is 12.3. The van der Waals surface area contributed by atoms with Gasteiger partial charge in [0.1, 0.15) is 0 Å². The number of carbonyl (C=O) groups is 1. The number of likely N-dealkylation sites (N-methyl/N-ethyl adjacent to an activating group) is 1. The van der Waals surface area contributed by atoms with Gasteiger partial charge in [-0.3, -0.25) is 4.79 Å². The maximum absolute atomic E-state index is 12.3. The van der Waals surface area contributed by atoms with E-state index >= 15 is 0 Å². The molecule has 1 fully saturated rings. The van der Waals surface area contributed by atoms with E-state index in [1.807, 2.05) is 0 Å². The Morgan fingerprint density at radius 1 is 1.59 bits per heavy atom. The van der Waals surface area contributed by atoms with Gasteiger partial charge in [0.25, 0.3) is 5.91 Å². The van der Waals surface area contributed by atoms with E-state index in [1.165, 1.54) is 0 Å². The van der Waals surface area contributed by atoms with Crippen molar-refractivity contribution in [3.05, 3.63) is 28.2 Å². The normalized spacial score (nSPS) is 19.3. The molecule has 0 aliphatic carbocycles.